The van der Waals surface area contributed by atoms with Crippen LogP contribution in [0.25, 0.3) is 0 Å². The van der Waals surface area contributed by atoms with Gasteiger partial charge in [-0.15, -0.1) is 0 Å². The third-order valence-electron chi connectivity index (χ3n) is 2.08. The van der Waals surface area contributed by atoms with Gasteiger partial charge in [0.15, 0.2) is 0 Å². The first kappa shape index (κ1) is 14.3. The van der Waals surface area contributed by atoms with Crippen LogP contribution in [0.1, 0.15) is 47.0 Å². The summed E-state index contributed by atoms with van der Waals surface area (Å²) in [6.07, 6.45) is 3.04. The Bertz CT molecular complexity index is 152. The lowest BCUT2D eigenvalue weighted by Gasteiger charge is -2.21. The highest BCUT2D eigenvalue weighted by Gasteiger charge is 2.17. The molecule has 0 radical (unpaired) electrons. The van der Waals surface area contributed by atoms with Gasteiger partial charge in [-0.2, -0.15) is 11.8 Å². The van der Waals surface area contributed by atoms with Crippen molar-refractivity contribution in [3.05, 3.63) is 0 Å². The average Bonchev–Trinajstić information content (AvgIpc) is 2.01. The molecule has 1 atom stereocenters. The molecular weight excluding hydrogens is 194 g/mol. The van der Waals surface area contributed by atoms with Gasteiger partial charge in [-0.1, -0.05) is 20.8 Å². The third-order valence-corrected chi connectivity index (χ3v) is 3.44. The summed E-state index contributed by atoms with van der Waals surface area (Å²) in [7, 11) is 0. The molecule has 0 rings (SSSR count). The molecule has 0 aliphatic carbocycles. The molecule has 3 heteroatoms. The molecule has 2 nitrogen and oxygen atoms in total. The summed E-state index contributed by atoms with van der Waals surface area (Å²) in [4.78, 5) is 0. The van der Waals surface area contributed by atoms with E-state index >= 15 is 0 Å². The van der Waals surface area contributed by atoms with Crippen molar-refractivity contribution >= 4 is 11.8 Å². The lowest BCUT2D eigenvalue weighted by molar-refractivity contribution is 0.0577. The van der Waals surface area contributed by atoms with E-state index in [9.17, 15) is 5.11 Å². The van der Waals surface area contributed by atoms with E-state index in [0.29, 0.717) is 11.3 Å². The number of hydrogen-bond acceptors (Lipinski definition) is 3. The SMILES string of the molecule is CC(O)(CN)CCCCSC(C)(C)C. The second-order valence-corrected chi connectivity index (χ2v) is 7.04. The summed E-state index contributed by atoms with van der Waals surface area (Å²) in [6, 6.07) is 0. The molecule has 0 aromatic carbocycles. The molecule has 0 fully saturated rings. The first-order valence-electron chi connectivity index (χ1n) is 5.33. The minimum absolute atomic E-state index is 0.358. The summed E-state index contributed by atoms with van der Waals surface area (Å²) in [5.74, 6) is 1.17. The number of hydrogen-bond donors (Lipinski definition) is 2. The molecule has 0 aliphatic rings. The van der Waals surface area contributed by atoms with Crippen molar-refractivity contribution in [1.29, 1.82) is 0 Å². The van der Waals surface area contributed by atoms with Gasteiger partial charge in [-0.05, 0) is 31.9 Å². The summed E-state index contributed by atoms with van der Waals surface area (Å²) in [5, 5.41) is 9.65. The molecule has 0 bridgehead atoms. The molecule has 1 unspecified atom stereocenters. The molecule has 0 saturated heterocycles. The molecule has 0 spiro atoms. The van der Waals surface area contributed by atoms with Gasteiger partial charge >= 0.3 is 0 Å². The van der Waals surface area contributed by atoms with Crippen LogP contribution in [0.5, 0.6) is 0 Å². The van der Waals surface area contributed by atoms with Gasteiger partial charge in [0, 0.05) is 11.3 Å². The molecule has 3 N–H and O–H groups in total. The zero-order valence-electron chi connectivity index (χ0n) is 9.97. The molecule has 0 saturated carbocycles. The molecule has 0 aromatic heterocycles. The highest BCUT2D eigenvalue weighted by Crippen LogP contribution is 2.24. The van der Waals surface area contributed by atoms with Crippen LogP contribution in [0.4, 0.5) is 0 Å². The predicted octanol–water partition coefficient (Wildman–Crippen LogP) is 2.40. The summed E-state index contributed by atoms with van der Waals surface area (Å²) >= 11 is 1.98. The van der Waals surface area contributed by atoms with Crippen LogP contribution in [0.15, 0.2) is 0 Å². The quantitative estimate of drug-likeness (QED) is 0.674. The van der Waals surface area contributed by atoms with Gasteiger partial charge in [0.25, 0.3) is 0 Å². The van der Waals surface area contributed by atoms with Gasteiger partial charge in [0.2, 0.25) is 0 Å². The number of rotatable bonds is 6. The summed E-state index contributed by atoms with van der Waals surface area (Å²) in [6.45, 7) is 8.86. The Morgan fingerprint density at radius 3 is 2.14 bits per heavy atom. The van der Waals surface area contributed by atoms with Gasteiger partial charge < -0.3 is 10.8 Å². The Labute approximate surface area is 92.6 Å². The van der Waals surface area contributed by atoms with E-state index in [1.807, 2.05) is 18.7 Å². The van der Waals surface area contributed by atoms with Crippen LogP contribution in [0.2, 0.25) is 0 Å². The normalized spacial score (nSPS) is 16.7. The molecule has 0 aliphatic heterocycles. The van der Waals surface area contributed by atoms with Gasteiger partial charge in [-0.3, -0.25) is 0 Å². The van der Waals surface area contributed by atoms with E-state index < -0.39 is 5.60 Å². The smallest absolute Gasteiger partial charge is 0.0741 e. The number of aliphatic hydroxyl groups is 1. The van der Waals surface area contributed by atoms with Gasteiger partial charge in [0.05, 0.1) is 5.60 Å². The molecule has 14 heavy (non-hydrogen) atoms. The van der Waals surface area contributed by atoms with Crippen molar-refractivity contribution in [2.45, 2.75) is 57.3 Å². The van der Waals surface area contributed by atoms with Gasteiger partial charge in [-0.25, -0.2) is 0 Å². The molecular formula is C11H25NOS. The largest absolute Gasteiger partial charge is 0.389 e. The Morgan fingerprint density at radius 1 is 1.14 bits per heavy atom. The first-order valence-corrected chi connectivity index (χ1v) is 6.32. The van der Waals surface area contributed by atoms with Crippen molar-refractivity contribution in [2.24, 2.45) is 5.73 Å². The van der Waals surface area contributed by atoms with Crippen molar-refractivity contribution in [2.75, 3.05) is 12.3 Å². The Kier molecular flexibility index (Phi) is 6.10. The second kappa shape index (κ2) is 5.99. The maximum Gasteiger partial charge on any atom is 0.0741 e. The van der Waals surface area contributed by atoms with E-state index in [2.05, 4.69) is 20.8 Å². The molecule has 0 amide bonds. The second-order valence-electron chi connectivity index (χ2n) is 5.12. The van der Waals surface area contributed by atoms with Crippen LogP contribution in [0.3, 0.4) is 0 Å². The minimum atomic E-state index is -0.660. The third kappa shape index (κ3) is 8.85. The van der Waals surface area contributed by atoms with Crippen LogP contribution in [-0.4, -0.2) is 27.8 Å². The maximum absolute atomic E-state index is 9.65. The van der Waals surface area contributed by atoms with Crippen LogP contribution >= 0.6 is 11.8 Å². The standard InChI is InChI=1S/C11H25NOS/c1-10(2,3)14-8-6-5-7-11(4,13)9-12/h13H,5-9,12H2,1-4H3. The van der Waals surface area contributed by atoms with Crippen LogP contribution < -0.4 is 5.73 Å². The van der Waals surface area contributed by atoms with Crippen molar-refractivity contribution in [3.63, 3.8) is 0 Å². The molecule has 0 aromatic rings. The fraction of sp³-hybridized carbons (Fsp3) is 1.00. The average molecular weight is 219 g/mol. The summed E-state index contributed by atoms with van der Waals surface area (Å²) in [5.41, 5.74) is 4.77. The lowest BCUT2D eigenvalue weighted by atomic mass is 10.00. The maximum atomic E-state index is 9.65. The predicted molar refractivity (Wildman–Crippen MR) is 65.7 cm³/mol. The van der Waals surface area contributed by atoms with Crippen molar-refractivity contribution in [1.82, 2.24) is 0 Å². The van der Waals surface area contributed by atoms with Crippen molar-refractivity contribution < 1.29 is 5.11 Å². The van der Waals surface area contributed by atoms with E-state index in [1.54, 1.807) is 0 Å². The molecule has 86 valence electrons. The Balaban J connectivity index is 3.39. The topological polar surface area (TPSA) is 46.2 Å². The lowest BCUT2D eigenvalue weighted by Crippen LogP contribution is -2.33. The first-order chi connectivity index (χ1) is 6.27. The van der Waals surface area contributed by atoms with E-state index in [4.69, 9.17) is 5.73 Å². The molecule has 0 heterocycles. The van der Waals surface area contributed by atoms with Crippen LogP contribution in [0, 0.1) is 0 Å². The minimum Gasteiger partial charge on any atom is -0.389 e. The monoisotopic (exact) mass is 219 g/mol. The zero-order chi connectivity index (χ0) is 11.2. The highest BCUT2D eigenvalue weighted by molar-refractivity contribution is 8.00. The number of unbranched alkanes of at least 4 members (excludes halogenated alkanes) is 1. The van der Waals surface area contributed by atoms with E-state index in [-0.39, 0.29) is 0 Å². The van der Waals surface area contributed by atoms with E-state index in [0.717, 1.165) is 19.3 Å². The fourth-order valence-electron chi connectivity index (χ4n) is 1.09. The zero-order valence-corrected chi connectivity index (χ0v) is 10.8. The van der Waals surface area contributed by atoms with Crippen molar-refractivity contribution in [3.8, 4) is 0 Å². The number of nitrogens with two attached hydrogens (primary N) is 1. The number of thioether (sulfide) groups is 1. The van der Waals surface area contributed by atoms with E-state index in [1.165, 1.54) is 5.75 Å². The van der Waals surface area contributed by atoms with Crippen LogP contribution in [-0.2, 0) is 0 Å². The summed E-state index contributed by atoms with van der Waals surface area (Å²) < 4.78 is 0.358. The fourth-order valence-corrected chi connectivity index (χ4v) is 2.05. The Morgan fingerprint density at radius 2 is 1.71 bits per heavy atom. The van der Waals surface area contributed by atoms with Gasteiger partial charge in [0.1, 0.15) is 0 Å². The Hall–Kier alpha value is 0.270. The highest BCUT2D eigenvalue weighted by atomic mass is 32.2.